The lowest BCUT2D eigenvalue weighted by molar-refractivity contribution is -0.123. The van der Waals surface area contributed by atoms with Crippen LogP contribution in [0.3, 0.4) is 0 Å². The van der Waals surface area contributed by atoms with Gasteiger partial charge in [0.2, 0.25) is 5.91 Å². The maximum Gasteiger partial charge on any atom is 0.255 e. The Labute approximate surface area is 229 Å². The third kappa shape index (κ3) is 6.19. The van der Waals surface area contributed by atoms with E-state index in [1.807, 2.05) is 97.1 Å². The minimum atomic E-state index is -0.911. The van der Waals surface area contributed by atoms with Crippen molar-refractivity contribution in [2.75, 3.05) is 13.2 Å². The Morgan fingerprint density at radius 1 is 0.846 bits per heavy atom. The number of carbonyl (C=O) groups is 2. The van der Waals surface area contributed by atoms with Crippen molar-refractivity contribution in [2.24, 2.45) is 5.73 Å². The first-order chi connectivity index (χ1) is 19.1. The number of hydrogen-bond donors (Lipinski definition) is 1. The van der Waals surface area contributed by atoms with Crippen LogP contribution in [-0.4, -0.2) is 29.9 Å². The van der Waals surface area contributed by atoms with E-state index in [4.69, 9.17) is 15.2 Å². The quantitative estimate of drug-likeness (QED) is 0.260. The van der Waals surface area contributed by atoms with Crippen LogP contribution < -0.4 is 10.5 Å². The Bertz CT molecular complexity index is 1390. The summed E-state index contributed by atoms with van der Waals surface area (Å²) in [6.45, 7) is 1.38. The van der Waals surface area contributed by atoms with E-state index < -0.39 is 11.9 Å². The summed E-state index contributed by atoms with van der Waals surface area (Å²) in [7, 11) is 0. The Morgan fingerprint density at radius 3 is 2.21 bits per heavy atom. The number of benzene rings is 4. The van der Waals surface area contributed by atoms with Gasteiger partial charge in [-0.3, -0.25) is 9.59 Å². The second kappa shape index (κ2) is 12.4. The summed E-state index contributed by atoms with van der Waals surface area (Å²) < 4.78 is 11.8. The van der Waals surface area contributed by atoms with Gasteiger partial charge in [0.25, 0.3) is 5.91 Å². The highest BCUT2D eigenvalue weighted by Crippen LogP contribution is 2.42. The smallest absolute Gasteiger partial charge is 0.255 e. The zero-order chi connectivity index (χ0) is 27.0. The van der Waals surface area contributed by atoms with Crippen molar-refractivity contribution in [1.29, 1.82) is 0 Å². The minimum Gasteiger partial charge on any atom is -0.491 e. The van der Waals surface area contributed by atoms with E-state index >= 15 is 0 Å². The van der Waals surface area contributed by atoms with Crippen molar-refractivity contribution in [3.8, 4) is 5.75 Å². The predicted molar refractivity (Wildman–Crippen MR) is 150 cm³/mol. The minimum absolute atomic E-state index is 0.235. The Kier molecular flexibility index (Phi) is 8.34. The van der Waals surface area contributed by atoms with Crippen molar-refractivity contribution in [2.45, 2.75) is 31.5 Å². The molecule has 2 amide bonds. The van der Waals surface area contributed by atoms with E-state index in [0.717, 1.165) is 23.1 Å². The van der Waals surface area contributed by atoms with E-state index in [0.29, 0.717) is 43.1 Å². The summed E-state index contributed by atoms with van der Waals surface area (Å²) in [5.41, 5.74) is 10.4. The lowest BCUT2D eigenvalue weighted by atomic mass is 9.98. The molecule has 1 aliphatic rings. The van der Waals surface area contributed by atoms with Gasteiger partial charge in [0.05, 0.1) is 19.3 Å². The number of nitrogens with zero attached hydrogens (tertiary/aromatic N) is 1. The maximum absolute atomic E-state index is 14.0. The molecule has 2 unspecified atom stereocenters. The number of primary amides is 1. The zero-order valence-electron chi connectivity index (χ0n) is 21.7. The molecule has 6 nitrogen and oxygen atoms in total. The van der Waals surface area contributed by atoms with Gasteiger partial charge in [-0.15, -0.1) is 0 Å². The Balaban J connectivity index is 1.38. The number of carbonyl (C=O) groups excluding carboxylic acids is 2. The highest BCUT2D eigenvalue weighted by Gasteiger charge is 2.39. The predicted octanol–water partition coefficient (Wildman–Crippen LogP) is 5.64. The normalized spacial score (nSPS) is 14.8. The monoisotopic (exact) mass is 520 g/mol. The largest absolute Gasteiger partial charge is 0.491 e. The standard InChI is InChI=1S/C33H32N2O4/c34-32(36)31(26-12-6-2-7-13-26)35(33(37)27-14-8-3-9-15-27)30-19-17-25-16-18-28(22-29(25)30)39-21-20-38-23-24-10-4-1-5-11-24/h1-16,18,22,30-31H,17,19-21,23H2,(H2,34,36). The van der Waals surface area contributed by atoms with Gasteiger partial charge in [-0.2, -0.15) is 0 Å². The van der Waals surface area contributed by atoms with Crippen LogP contribution in [0.4, 0.5) is 0 Å². The fourth-order valence-corrected chi connectivity index (χ4v) is 5.19. The molecule has 2 atom stereocenters. The van der Waals surface area contributed by atoms with Gasteiger partial charge in [0.1, 0.15) is 18.4 Å². The van der Waals surface area contributed by atoms with Crippen LogP contribution in [0.25, 0.3) is 0 Å². The first-order valence-electron chi connectivity index (χ1n) is 13.2. The van der Waals surface area contributed by atoms with Crippen molar-refractivity contribution in [1.82, 2.24) is 4.90 Å². The molecule has 0 aliphatic heterocycles. The summed E-state index contributed by atoms with van der Waals surface area (Å²) in [5.74, 6) is -0.102. The van der Waals surface area contributed by atoms with Crippen molar-refractivity contribution in [3.05, 3.63) is 137 Å². The highest BCUT2D eigenvalue weighted by atomic mass is 16.5. The molecule has 2 N–H and O–H groups in total. The summed E-state index contributed by atoms with van der Waals surface area (Å²) >= 11 is 0. The van der Waals surface area contributed by atoms with E-state index in [1.165, 1.54) is 0 Å². The van der Waals surface area contributed by atoms with Gasteiger partial charge >= 0.3 is 0 Å². The third-order valence-electron chi connectivity index (χ3n) is 7.03. The summed E-state index contributed by atoms with van der Waals surface area (Å²) in [4.78, 5) is 28.5. The average Bonchev–Trinajstić information content (AvgIpc) is 3.39. The molecule has 1 aliphatic carbocycles. The molecule has 0 bridgehead atoms. The van der Waals surface area contributed by atoms with E-state index in [1.54, 1.807) is 17.0 Å². The number of hydrogen-bond acceptors (Lipinski definition) is 4. The van der Waals surface area contributed by atoms with E-state index in [-0.39, 0.29) is 11.9 Å². The zero-order valence-corrected chi connectivity index (χ0v) is 21.7. The molecule has 0 aromatic heterocycles. The third-order valence-corrected chi connectivity index (χ3v) is 7.03. The number of ether oxygens (including phenoxy) is 2. The van der Waals surface area contributed by atoms with Gasteiger partial charge in [-0.05, 0) is 59.4 Å². The fourth-order valence-electron chi connectivity index (χ4n) is 5.19. The molecule has 6 heteroatoms. The lowest BCUT2D eigenvalue weighted by Crippen LogP contribution is -2.43. The van der Waals surface area contributed by atoms with Gasteiger partial charge < -0.3 is 20.1 Å². The van der Waals surface area contributed by atoms with Gasteiger partial charge in [-0.1, -0.05) is 84.9 Å². The second-order valence-corrected chi connectivity index (χ2v) is 9.60. The number of fused-ring (bicyclic) bond motifs is 1. The van der Waals surface area contributed by atoms with E-state index in [2.05, 4.69) is 0 Å². The molecular weight excluding hydrogens is 488 g/mol. The topological polar surface area (TPSA) is 81.9 Å². The summed E-state index contributed by atoms with van der Waals surface area (Å²) in [6, 6.07) is 33.0. The van der Waals surface area contributed by atoms with Crippen LogP contribution in [0.2, 0.25) is 0 Å². The van der Waals surface area contributed by atoms with Crippen molar-refractivity contribution in [3.63, 3.8) is 0 Å². The molecule has 0 radical (unpaired) electrons. The Hall–Kier alpha value is -4.42. The highest BCUT2D eigenvalue weighted by molar-refractivity contribution is 5.98. The van der Waals surface area contributed by atoms with Crippen LogP contribution >= 0.6 is 0 Å². The molecule has 4 aromatic carbocycles. The van der Waals surface area contributed by atoms with Crippen LogP contribution in [0.1, 0.15) is 51.1 Å². The van der Waals surface area contributed by atoms with Crippen LogP contribution in [-0.2, 0) is 22.6 Å². The molecule has 198 valence electrons. The van der Waals surface area contributed by atoms with Crippen molar-refractivity contribution >= 4 is 11.8 Å². The van der Waals surface area contributed by atoms with Crippen molar-refractivity contribution < 1.29 is 19.1 Å². The summed E-state index contributed by atoms with van der Waals surface area (Å²) in [5, 5.41) is 0. The van der Waals surface area contributed by atoms with Crippen LogP contribution in [0.5, 0.6) is 5.75 Å². The SMILES string of the molecule is NC(=O)C(c1ccccc1)N(C(=O)c1ccccc1)C1CCc2ccc(OCCOCc3ccccc3)cc21. The number of nitrogens with two attached hydrogens (primary N) is 1. The molecule has 0 spiro atoms. The van der Waals surface area contributed by atoms with E-state index in [9.17, 15) is 9.59 Å². The van der Waals surface area contributed by atoms with Crippen LogP contribution in [0.15, 0.2) is 109 Å². The molecule has 0 fully saturated rings. The molecule has 0 saturated heterocycles. The number of amides is 2. The van der Waals surface area contributed by atoms with Gasteiger partial charge in [-0.25, -0.2) is 0 Å². The molecule has 0 heterocycles. The molecule has 0 saturated carbocycles. The molecule has 39 heavy (non-hydrogen) atoms. The van der Waals surface area contributed by atoms with Crippen LogP contribution in [0, 0.1) is 0 Å². The number of rotatable bonds is 11. The Morgan fingerprint density at radius 2 is 1.51 bits per heavy atom. The first kappa shape index (κ1) is 26.2. The fraction of sp³-hybridized carbons (Fsp3) is 0.212. The molecule has 5 rings (SSSR count). The van der Waals surface area contributed by atoms with Gasteiger partial charge in [0.15, 0.2) is 0 Å². The van der Waals surface area contributed by atoms with Gasteiger partial charge in [0, 0.05) is 5.56 Å². The summed E-state index contributed by atoms with van der Waals surface area (Å²) in [6.07, 6.45) is 1.48. The molecular formula is C33H32N2O4. The number of aryl methyl sites for hydroxylation is 1. The second-order valence-electron chi connectivity index (χ2n) is 9.60. The average molecular weight is 521 g/mol. The lowest BCUT2D eigenvalue weighted by Gasteiger charge is -2.36. The first-order valence-corrected chi connectivity index (χ1v) is 13.2. The molecule has 4 aromatic rings. The maximum atomic E-state index is 14.0.